The number of nitrogen functional groups attached to an aromatic ring is 1. The van der Waals surface area contributed by atoms with Crippen molar-refractivity contribution in [3.05, 3.63) is 59.7 Å². The SMILES string of the molecule is Nc1nc2cc(C(=O)N3CCOC(c4ccccc4)C3)ccc2s1. The molecule has 1 saturated heterocycles. The lowest BCUT2D eigenvalue weighted by atomic mass is 10.1. The number of thiazole rings is 1. The van der Waals surface area contributed by atoms with Gasteiger partial charge < -0.3 is 15.4 Å². The Bertz CT molecular complexity index is 878. The molecular formula is C18H17N3O2S. The van der Waals surface area contributed by atoms with Gasteiger partial charge in [-0.3, -0.25) is 4.79 Å². The van der Waals surface area contributed by atoms with Crippen LogP contribution in [-0.4, -0.2) is 35.5 Å². The van der Waals surface area contributed by atoms with E-state index >= 15 is 0 Å². The largest absolute Gasteiger partial charge is 0.375 e. The normalized spacial score (nSPS) is 18.0. The number of benzene rings is 2. The summed E-state index contributed by atoms with van der Waals surface area (Å²) in [5, 5.41) is 0.519. The molecule has 1 aromatic heterocycles. The van der Waals surface area contributed by atoms with E-state index in [0.717, 1.165) is 15.8 Å². The highest BCUT2D eigenvalue weighted by atomic mass is 32.1. The summed E-state index contributed by atoms with van der Waals surface area (Å²) >= 11 is 1.43. The Hall–Kier alpha value is -2.44. The van der Waals surface area contributed by atoms with E-state index in [1.807, 2.05) is 53.4 Å². The number of ether oxygens (including phenoxy) is 1. The molecule has 1 atom stereocenters. The number of hydrogen-bond acceptors (Lipinski definition) is 5. The Balaban J connectivity index is 1.56. The zero-order valence-corrected chi connectivity index (χ0v) is 13.8. The number of amides is 1. The fourth-order valence-corrected chi connectivity index (χ4v) is 3.68. The van der Waals surface area contributed by atoms with Gasteiger partial charge in [0.25, 0.3) is 5.91 Å². The van der Waals surface area contributed by atoms with Crippen molar-refractivity contribution in [2.24, 2.45) is 0 Å². The number of nitrogens with two attached hydrogens (primary N) is 1. The average molecular weight is 339 g/mol. The second-order valence-corrected chi connectivity index (χ2v) is 6.82. The van der Waals surface area contributed by atoms with Crippen LogP contribution in [-0.2, 0) is 4.74 Å². The van der Waals surface area contributed by atoms with Gasteiger partial charge in [0.15, 0.2) is 5.13 Å². The second kappa shape index (κ2) is 6.22. The molecule has 1 fully saturated rings. The average Bonchev–Trinajstić information content (AvgIpc) is 3.01. The summed E-state index contributed by atoms with van der Waals surface area (Å²) < 4.78 is 6.83. The molecule has 5 nitrogen and oxygen atoms in total. The fourth-order valence-electron chi connectivity index (χ4n) is 2.96. The van der Waals surface area contributed by atoms with E-state index < -0.39 is 0 Å². The monoisotopic (exact) mass is 339 g/mol. The van der Waals surface area contributed by atoms with E-state index in [9.17, 15) is 4.79 Å². The second-order valence-electron chi connectivity index (χ2n) is 5.76. The van der Waals surface area contributed by atoms with Gasteiger partial charge in [-0.15, -0.1) is 0 Å². The third kappa shape index (κ3) is 2.86. The number of anilines is 1. The van der Waals surface area contributed by atoms with Crippen molar-refractivity contribution in [2.45, 2.75) is 6.10 Å². The summed E-state index contributed by atoms with van der Waals surface area (Å²) in [7, 11) is 0. The molecular weight excluding hydrogens is 322 g/mol. The summed E-state index contributed by atoms with van der Waals surface area (Å²) in [6, 6.07) is 15.6. The Morgan fingerprint density at radius 3 is 2.92 bits per heavy atom. The van der Waals surface area contributed by atoms with Crippen molar-refractivity contribution in [3.63, 3.8) is 0 Å². The minimum atomic E-state index is -0.0810. The van der Waals surface area contributed by atoms with Gasteiger partial charge in [-0.25, -0.2) is 4.98 Å². The Morgan fingerprint density at radius 2 is 2.08 bits per heavy atom. The summed E-state index contributed by atoms with van der Waals surface area (Å²) in [6.07, 6.45) is -0.0810. The number of fused-ring (bicyclic) bond motifs is 1. The van der Waals surface area contributed by atoms with Crippen molar-refractivity contribution in [2.75, 3.05) is 25.4 Å². The first-order chi connectivity index (χ1) is 11.7. The molecule has 4 rings (SSSR count). The van der Waals surface area contributed by atoms with Crippen molar-refractivity contribution >= 4 is 32.6 Å². The van der Waals surface area contributed by atoms with Crippen LogP contribution < -0.4 is 5.73 Å². The van der Waals surface area contributed by atoms with Crippen molar-refractivity contribution in [3.8, 4) is 0 Å². The quantitative estimate of drug-likeness (QED) is 0.779. The topological polar surface area (TPSA) is 68.5 Å². The van der Waals surface area contributed by atoms with Crippen molar-refractivity contribution in [1.29, 1.82) is 0 Å². The summed E-state index contributed by atoms with van der Waals surface area (Å²) in [6.45, 7) is 1.69. The Kier molecular flexibility index (Phi) is 3.92. The minimum absolute atomic E-state index is 0.00713. The van der Waals surface area contributed by atoms with Gasteiger partial charge in [0.2, 0.25) is 0 Å². The first-order valence-corrected chi connectivity index (χ1v) is 8.64. The maximum Gasteiger partial charge on any atom is 0.254 e. The molecule has 3 aromatic rings. The van der Waals surface area contributed by atoms with Crippen molar-refractivity contribution in [1.82, 2.24) is 9.88 Å². The molecule has 0 radical (unpaired) electrons. The molecule has 24 heavy (non-hydrogen) atoms. The van der Waals surface area contributed by atoms with Crippen LogP contribution in [0.2, 0.25) is 0 Å². The molecule has 2 aromatic carbocycles. The van der Waals surface area contributed by atoms with Gasteiger partial charge in [-0.2, -0.15) is 0 Å². The Labute approximate surface area is 143 Å². The maximum atomic E-state index is 12.8. The molecule has 1 aliphatic heterocycles. The standard InChI is InChI=1S/C18H17N3O2S/c19-18-20-14-10-13(6-7-16(14)24-18)17(22)21-8-9-23-15(11-21)12-4-2-1-3-5-12/h1-7,10,15H,8-9,11H2,(H2,19,20). The van der Waals surface area contributed by atoms with Gasteiger partial charge >= 0.3 is 0 Å². The molecule has 1 unspecified atom stereocenters. The molecule has 2 N–H and O–H groups in total. The van der Waals surface area contributed by atoms with Gasteiger partial charge in [-0.05, 0) is 23.8 Å². The molecule has 0 saturated carbocycles. The van der Waals surface area contributed by atoms with Gasteiger partial charge in [0.05, 0.1) is 23.4 Å². The number of morpholine rings is 1. The number of carbonyl (C=O) groups excluding carboxylic acids is 1. The van der Waals surface area contributed by atoms with Crippen molar-refractivity contribution < 1.29 is 9.53 Å². The first kappa shape index (κ1) is 15.1. The smallest absolute Gasteiger partial charge is 0.254 e. The number of carbonyl (C=O) groups is 1. The van der Waals surface area contributed by atoms with Crippen LogP contribution in [0.3, 0.4) is 0 Å². The van der Waals surface area contributed by atoms with E-state index in [-0.39, 0.29) is 12.0 Å². The van der Waals surface area contributed by atoms with Crippen LogP contribution in [0.1, 0.15) is 22.0 Å². The zero-order valence-electron chi connectivity index (χ0n) is 13.0. The molecule has 1 amide bonds. The molecule has 2 heterocycles. The molecule has 0 bridgehead atoms. The van der Waals surface area contributed by atoms with Crippen LogP contribution >= 0.6 is 11.3 Å². The van der Waals surface area contributed by atoms with E-state index in [2.05, 4.69) is 4.98 Å². The third-order valence-corrected chi connectivity index (χ3v) is 5.04. The third-order valence-electron chi connectivity index (χ3n) is 4.18. The number of hydrogen-bond donors (Lipinski definition) is 1. The number of aromatic nitrogens is 1. The predicted molar refractivity (Wildman–Crippen MR) is 95.1 cm³/mol. The predicted octanol–water partition coefficient (Wildman–Crippen LogP) is 3.09. The van der Waals surface area contributed by atoms with Gasteiger partial charge in [0, 0.05) is 12.1 Å². The first-order valence-electron chi connectivity index (χ1n) is 7.82. The number of nitrogens with zero attached hydrogens (tertiary/aromatic N) is 2. The van der Waals surface area contributed by atoms with Crippen LogP contribution in [0.15, 0.2) is 48.5 Å². The zero-order chi connectivity index (χ0) is 16.5. The molecule has 6 heteroatoms. The summed E-state index contributed by atoms with van der Waals surface area (Å²) in [4.78, 5) is 19.0. The van der Waals surface area contributed by atoms with Crippen LogP contribution in [0.5, 0.6) is 0 Å². The van der Waals surface area contributed by atoms with E-state index in [4.69, 9.17) is 10.5 Å². The number of rotatable bonds is 2. The molecule has 1 aliphatic rings. The fraction of sp³-hybridized carbons (Fsp3) is 0.222. The minimum Gasteiger partial charge on any atom is -0.375 e. The van der Waals surface area contributed by atoms with E-state index in [0.29, 0.717) is 30.4 Å². The molecule has 0 aliphatic carbocycles. The van der Waals surface area contributed by atoms with Crippen LogP contribution in [0.25, 0.3) is 10.2 Å². The lowest BCUT2D eigenvalue weighted by molar-refractivity contribution is -0.0228. The van der Waals surface area contributed by atoms with Gasteiger partial charge in [0.1, 0.15) is 6.10 Å². The summed E-state index contributed by atoms with van der Waals surface area (Å²) in [5.41, 5.74) is 8.25. The van der Waals surface area contributed by atoms with Crippen LogP contribution in [0.4, 0.5) is 5.13 Å². The highest BCUT2D eigenvalue weighted by Gasteiger charge is 2.26. The summed E-state index contributed by atoms with van der Waals surface area (Å²) in [5.74, 6) is 0.00713. The van der Waals surface area contributed by atoms with Crippen LogP contribution in [0, 0.1) is 0 Å². The lowest BCUT2D eigenvalue weighted by Crippen LogP contribution is -2.42. The van der Waals surface area contributed by atoms with E-state index in [1.54, 1.807) is 0 Å². The maximum absolute atomic E-state index is 12.8. The van der Waals surface area contributed by atoms with Gasteiger partial charge in [-0.1, -0.05) is 41.7 Å². The highest BCUT2D eigenvalue weighted by Crippen LogP contribution is 2.26. The molecule has 122 valence electrons. The highest BCUT2D eigenvalue weighted by molar-refractivity contribution is 7.22. The molecule has 0 spiro atoms. The van der Waals surface area contributed by atoms with E-state index in [1.165, 1.54) is 11.3 Å². The lowest BCUT2D eigenvalue weighted by Gasteiger charge is -2.33. The Morgan fingerprint density at radius 1 is 1.25 bits per heavy atom.